The molecule has 10 nitrogen and oxygen atoms in total. The van der Waals surface area contributed by atoms with Crippen LogP contribution in [0.15, 0.2) is 114 Å². The first-order chi connectivity index (χ1) is 27.7. The van der Waals surface area contributed by atoms with Crippen molar-refractivity contribution in [3.63, 3.8) is 0 Å². The van der Waals surface area contributed by atoms with Crippen LogP contribution < -0.4 is 9.80 Å². The first-order valence-electron chi connectivity index (χ1n) is 18.8. The molecule has 0 spiro atoms. The van der Waals surface area contributed by atoms with Crippen molar-refractivity contribution >= 4 is 84.8 Å². The maximum atomic E-state index is 12.9. The molecule has 0 N–H and O–H groups in total. The van der Waals surface area contributed by atoms with Gasteiger partial charge < -0.3 is 9.80 Å². The number of hydrogen-bond acceptors (Lipinski definition) is 10. The lowest BCUT2D eigenvalue weighted by Crippen LogP contribution is -2.48. The Balaban J connectivity index is 0.000000177. The molecular weight excluding hydrogens is 941 g/mol. The number of aromatic nitrogens is 2. The lowest BCUT2D eigenvalue weighted by molar-refractivity contribution is 0.384. The van der Waals surface area contributed by atoms with Crippen molar-refractivity contribution in [3.05, 3.63) is 127 Å². The van der Waals surface area contributed by atoms with Gasteiger partial charge in [-0.05, 0) is 99.0 Å². The van der Waals surface area contributed by atoms with Gasteiger partial charge in [0, 0.05) is 83.2 Å². The Bertz CT molecular complexity index is 2470. The molecule has 2 aliphatic rings. The Kier molecular flexibility index (Phi) is 13.2. The predicted octanol–water partition coefficient (Wildman–Crippen LogP) is 9.40. The summed E-state index contributed by atoms with van der Waals surface area (Å²) >= 11 is 9.92. The summed E-state index contributed by atoms with van der Waals surface area (Å²) in [6, 6.07) is 26.3. The van der Waals surface area contributed by atoms with E-state index >= 15 is 0 Å². The van der Waals surface area contributed by atoms with Gasteiger partial charge >= 0.3 is 0 Å². The van der Waals surface area contributed by atoms with Gasteiger partial charge in [-0.15, -0.1) is 22.7 Å². The van der Waals surface area contributed by atoms with E-state index < -0.39 is 20.0 Å². The smallest absolute Gasteiger partial charge is 0.243 e. The minimum Gasteiger partial charge on any atom is -0.345 e. The molecule has 2 aromatic heterocycles. The van der Waals surface area contributed by atoms with Gasteiger partial charge in [0.05, 0.1) is 21.2 Å². The molecule has 4 aromatic carbocycles. The Morgan fingerprint density at radius 2 is 0.983 bits per heavy atom. The number of benzene rings is 4. The van der Waals surface area contributed by atoms with E-state index in [9.17, 15) is 16.8 Å². The molecule has 0 aliphatic carbocycles. The van der Waals surface area contributed by atoms with Crippen molar-refractivity contribution < 1.29 is 16.8 Å². The predicted molar refractivity (Wildman–Crippen MR) is 244 cm³/mol. The second kappa shape index (κ2) is 18.0. The van der Waals surface area contributed by atoms with Gasteiger partial charge in [-0.3, -0.25) is 0 Å². The fraction of sp³-hybridized carbons (Fsp3) is 0.286. The average molecular weight is 985 g/mol. The highest BCUT2D eigenvalue weighted by Crippen LogP contribution is 2.33. The van der Waals surface area contributed by atoms with Crippen LogP contribution in [0.1, 0.15) is 22.3 Å². The molecular formula is C42H44Br2N6O4S4. The minimum atomic E-state index is -3.46. The number of aryl methyl sites for hydroxylation is 3. The maximum Gasteiger partial charge on any atom is 0.243 e. The van der Waals surface area contributed by atoms with E-state index in [0.717, 1.165) is 41.7 Å². The molecule has 2 saturated heterocycles. The monoisotopic (exact) mass is 982 g/mol. The Hall–Kier alpha value is -3.48. The van der Waals surface area contributed by atoms with Gasteiger partial charge in [0.25, 0.3) is 0 Å². The standard InChI is InChI=1S/2C21H22BrN3O2S2/c1-15-3-4-16(2)19(13-15)20-14-28-21(23-20)24-9-11-25(12-10-24)29(26,27)18-7-5-17(22)6-8-18;1-15-4-3-5-19(16(15)2)20-14-28-21(23-20)24-10-12-25(13-11-24)29(26,27)18-8-6-17(22)7-9-18/h3-8,13-14H,9-12H2,1-2H3;3-9,14H,10-13H2,1-2H3. The lowest BCUT2D eigenvalue weighted by atomic mass is 10.0. The van der Waals surface area contributed by atoms with Crippen LogP contribution >= 0.6 is 54.5 Å². The third kappa shape index (κ3) is 9.44. The number of hydrogen-bond donors (Lipinski definition) is 0. The second-order valence-electron chi connectivity index (χ2n) is 14.3. The van der Waals surface area contributed by atoms with E-state index in [0.29, 0.717) is 62.1 Å². The van der Waals surface area contributed by atoms with E-state index in [1.54, 1.807) is 79.8 Å². The van der Waals surface area contributed by atoms with E-state index in [4.69, 9.17) is 9.97 Å². The van der Waals surface area contributed by atoms with Gasteiger partial charge in [-0.25, -0.2) is 26.8 Å². The molecule has 0 bridgehead atoms. The number of nitrogens with zero attached hydrogens (tertiary/aromatic N) is 6. The van der Waals surface area contributed by atoms with Crippen LogP contribution in [0, 0.1) is 27.7 Å². The molecule has 16 heteroatoms. The summed E-state index contributed by atoms with van der Waals surface area (Å²) in [7, 11) is -6.93. The van der Waals surface area contributed by atoms with Gasteiger partial charge in [0.1, 0.15) is 0 Å². The highest BCUT2D eigenvalue weighted by molar-refractivity contribution is 9.10. The van der Waals surface area contributed by atoms with Crippen molar-refractivity contribution in [1.29, 1.82) is 0 Å². The molecule has 6 aromatic rings. The first kappa shape index (κ1) is 42.6. The summed E-state index contributed by atoms with van der Waals surface area (Å²) in [5.74, 6) is 0. The van der Waals surface area contributed by atoms with Crippen LogP contribution in [0.5, 0.6) is 0 Å². The van der Waals surface area contributed by atoms with Gasteiger partial charge in [0.2, 0.25) is 20.0 Å². The molecule has 2 aliphatic heterocycles. The quantitative estimate of drug-likeness (QED) is 0.149. The zero-order valence-corrected chi connectivity index (χ0v) is 39.0. The fourth-order valence-corrected chi connectivity index (χ4v) is 12.0. The summed E-state index contributed by atoms with van der Waals surface area (Å²) < 4.78 is 56.4. The molecule has 0 saturated carbocycles. The zero-order valence-electron chi connectivity index (χ0n) is 32.6. The maximum absolute atomic E-state index is 12.9. The SMILES string of the molecule is Cc1ccc(C)c(-c2csc(N3CCN(S(=O)(=O)c4ccc(Br)cc4)CC3)n2)c1.Cc1cccc(-c2csc(N3CCN(S(=O)(=O)c4ccc(Br)cc4)CC3)n2)c1C. The fourth-order valence-electron chi connectivity index (χ4n) is 6.86. The van der Waals surface area contributed by atoms with Gasteiger partial charge in [-0.1, -0.05) is 67.8 Å². The summed E-state index contributed by atoms with van der Waals surface area (Å²) in [5, 5.41) is 6.06. The Morgan fingerprint density at radius 3 is 1.45 bits per heavy atom. The third-order valence-electron chi connectivity index (χ3n) is 10.5. The molecule has 2 fully saturated rings. The second-order valence-corrected chi connectivity index (χ2v) is 21.7. The van der Waals surface area contributed by atoms with Crippen LogP contribution in [0.25, 0.3) is 22.5 Å². The minimum absolute atomic E-state index is 0.334. The number of rotatable bonds is 8. The molecule has 0 atom stereocenters. The van der Waals surface area contributed by atoms with E-state index in [1.807, 2.05) is 0 Å². The summed E-state index contributed by atoms with van der Waals surface area (Å²) in [6.45, 7) is 12.8. The van der Waals surface area contributed by atoms with Crippen LogP contribution in [0.4, 0.5) is 10.3 Å². The number of sulfonamides is 2. The van der Waals surface area contributed by atoms with Crippen molar-refractivity contribution in [3.8, 4) is 22.5 Å². The van der Waals surface area contributed by atoms with Crippen molar-refractivity contribution in [2.24, 2.45) is 0 Å². The van der Waals surface area contributed by atoms with Crippen molar-refractivity contribution in [2.45, 2.75) is 37.5 Å². The van der Waals surface area contributed by atoms with Crippen molar-refractivity contribution in [1.82, 2.24) is 18.6 Å². The van der Waals surface area contributed by atoms with E-state index in [-0.39, 0.29) is 0 Å². The third-order valence-corrected chi connectivity index (χ3v) is 17.1. The van der Waals surface area contributed by atoms with E-state index in [1.165, 1.54) is 22.3 Å². The topological polar surface area (TPSA) is 107 Å². The largest absolute Gasteiger partial charge is 0.345 e. The summed E-state index contributed by atoms with van der Waals surface area (Å²) in [5.41, 5.74) is 9.20. The number of piperazine rings is 2. The number of thiazole rings is 2. The molecule has 8 rings (SSSR count). The average Bonchev–Trinajstić information content (AvgIpc) is 3.92. The molecule has 0 amide bonds. The van der Waals surface area contributed by atoms with Crippen LogP contribution in [-0.2, 0) is 20.0 Å². The molecule has 0 unspecified atom stereocenters. The Morgan fingerprint density at radius 1 is 0.534 bits per heavy atom. The van der Waals surface area contributed by atoms with Crippen LogP contribution in [0.2, 0.25) is 0 Å². The highest BCUT2D eigenvalue weighted by Gasteiger charge is 2.31. The normalized spacial score (nSPS) is 15.6. The molecule has 4 heterocycles. The Labute approximate surface area is 366 Å². The van der Waals surface area contributed by atoms with Gasteiger partial charge in [0.15, 0.2) is 10.3 Å². The summed E-state index contributed by atoms with van der Waals surface area (Å²) in [4.78, 5) is 14.7. The number of halogens is 2. The number of anilines is 2. The highest BCUT2D eigenvalue weighted by atomic mass is 79.9. The van der Waals surface area contributed by atoms with Crippen LogP contribution in [-0.4, -0.2) is 87.8 Å². The van der Waals surface area contributed by atoms with E-state index in [2.05, 4.69) is 117 Å². The molecule has 0 radical (unpaired) electrons. The first-order valence-corrected chi connectivity index (χ1v) is 25.0. The molecule has 58 heavy (non-hydrogen) atoms. The van der Waals surface area contributed by atoms with Gasteiger partial charge in [-0.2, -0.15) is 8.61 Å². The zero-order chi connectivity index (χ0) is 41.2. The lowest BCUT2D eigenvalue weighted by Gasteiger charge is -2.33. The molecule has 304 valence electrons. The van der Waals surface area contributed by atoms with Crippen molar-refractivity contribution in [2.75, 3.05) is 62.2 Å². The van der Waals surface area contributed by atoms with Crippen LogP contribution in [0.3, 0.4) is 0 Å². The summed E-state index contributed by atoms with van der Waals surface area (Å²) in [6.07, 6.45) is 0.